The van der Waals surface area contributed by atoms with Crippen LogP contribution in [0.3, 0.4) is 0 Å². The summed E-state index contributed by atoms with van der Waals surface area (Å²) in [7, 11) is -3.36. The molecule has 0 amide bonds. The first-order valence-corrected chi connectivity index (χ1v) is 10.1. The molecule has 0 saturated carbocycles. The number of hydrogen-bond donors (Lipinski definition) is 1. The normalized spacial score (nSPS) is 22.3. The molecule has 0 bridgehead atoms. The molecule has 0 spiro atoms. The first-order chi connectivity index (χ1) is 11.2. The molecule has 1 unspecified atom stereocenters. The summed E-state index contributed by atoms with van der Waals surface area (Å²) in [5.41, 5.74) is 1.19. The molecule has 3 rings (SSSR count). The lowest BCUT2D eigenvalue weighted by Gasteiger charge is -2.30. The average Bonchev–Trinajstić information content (AvgIpc) is 3.11. The lowest BCUT2D eigenvalue weighted by Crippen LogP contribution is -2.46. The first kappa shape index (κ1) is 16.9. The van der Waals surface area contributed by atoms with Crippen LogP contribution in [0.25, 0.3) is 0 Å². The van der Waals surface area contributed by atoms with E-state index in [1.54, 1.807) is 4.31 Å². The van der Waals surface area contributed by atoms with Crippen LogP contribution >= 0.6 is 0 Å². The fourth-order valence-corrected chi connectivity index (χ4v) is 4.86. The number of likely N-dealkylation sites (tertiary alicyclic amines) is 1. The molecule has 2 aliphatic rings. The average molecular weight is 337 g/mol. The van der Waals surface area contributed by atoms with Crippen molar-refractivity contribution in [2.45, 2.75) is 38.1 Å². The van der Waals surface area contributed by atoms with Crippen LogP contribution in [0, 0.1) is 0 Å². The van der Waals surface area contributed by atoms with Gasteiger partial charge in [-0.1, -0.05) is 36.8 Å². The van der Waals surface area contributed by atoms with E-state index in [1.807, 2.05) is 18.2 Å². The zero-order valence-corrected chi connectivity index (χ0v) is 14.5. The van der Waals surface area contributed by atoms with Crippen molar-refractivity contribution in [1.82, 2.24) is 13.9 Å². The Hall–Kier alpha value is -0.950. The van der Waals surface area contributed by atoms with Crippen molar-refractivity contribution in [3.05, 3.63) is 35.9 Å². The fraction of sp³-hybridized carbons (Fsp3) is 0.647. The third-order valence-corrected chi connectivity index (χ3v) is 6.46. The zero-order chi connectivity index (χ0) is 16.1. The first-order valence-electron chi connectivity index (χ1n) is 8.70. The van der Waals surface area contributed by atoms with Gasteiger partial charge in [-0.15, -0.1) is 0 Å². The van der Waals surface area contributed by atoms with Crippen molar-refractivity contribution in [3.8, 4) is 0 Å². The van der Waals surface area contributed by atoms with Crippen molar-refractivity contribution in [2.24, 2.45) is 0 Å². The van der Waals surface area contributed by atoms with Gasteiger partial charge in [-0.05, 0) is 44.3 Å². The topological polar surface area (TPSA) is 52.7 Å². The van der Waals surface area contributed by atoms with Gasteiger partial charge in [-0.2, -0.15) is 12.7 Å². The summed E-state index contributed by atoms with van der Waals surface area (Å²) >= 11 is 0. The van der Waals surface area contributed by atoms with E-state index in [9.17, 15) is 8.42 Å². The van der Waals surface area contributed by atoms with Crippen molar-refractivity contribution >= 4 is 10.2 Å². The van der Waals surface area contributed by atoms with Crippen LogP contribution < -0.4 is 4.72 Å². The minimum absolute atomic E-state index is 0.123. The van der Waals surface area contributed by atoms with Crippen molar-refractivity contribution in [3.63, 3.8) is 0 Å². The molecule has 1 atom stereocenters. The van der Waals surface area contributed by atoms with Gasteiger partial charge in [0.25, 0.3) is 10.2 Å². The highest BCUT2D eigenvalue weighted by atomic mass is 32.2. The molecule has 23 heavy (non-hydrogen) atoms. The minimum atomic E-state index is -3.36. The van der Waals surface area contributed by atoms with Crippen LogP contribution in [0.5, 0.6) is 0 Å². The Bertz CT molecular complexity index is 579. The van der Waals surface area contributed by atoms with E-state index in [4.69, 9.17) is 0 Å². The van der Waals surface area contributed by atoms with Gasteiger partial charge in [0.15, 0.2) is 0 Å². The number of nitrogens with zero attached hydrogens (tertiary/aromatic N) is 2. The number of rotatable bonds is 6. The summed E-state index contributed by atoms with van der Waals surface area (Å²) in [6.45, 7) is 3.84. The second kappa shape index (κ2) is 7.75. The summed E-state index contributed by atoms with van der Waals surface area (Å²) in [5, 5.41) is 0. The van der Waals surface area contributed by atoms with E-state index >= 15 is 0 Å². The zero-order valence-electron chi connectivity index (χ0n) is 13.7. The Labute approximate surface area is 139 Å². The molecule has 6 heteroatoms. The van der Waals surface area contributed by atoms with Crippen LogP contribution in [0.15, 0.2) is 30.3 Å². The van der Waals surface area contributed by atoms with Crippen LogP contribution in [0.4, 0.5) is 0 Å². The van der Waals surface area contributed by atoms with Gasteiger partial charge in [-0.25, -0.2) is 4.72 Å². The van der Waals surface area contributed by atoms with Crippen molar-refractivity contribution < 1.29 is 8.42 Å². The van der Waals surface area contributed by atoms with Gasteiger partial charge < -0.3 is 0 Å². The third-order valence-electron chi connectivity index (χ3n) is 4.88. The van der Waals surface area contributed by atoms with Gasteiger partial charge in [0.2, 0.25) is 0 Å². The molecular formula is C17H27N3O2S. The maximum Gasteiger partial charge on any atom is 0.279 e. The lowest BCUT2D eigenvalue weighted by atomic mass is 10.1. The van der Waals surface area contributed by atoms with Gasteiger partial charge in [0.1, 0.15) is 0 Å². The highest BCUT2D eigenvalue weighted by Crippen LogP contribution is 2.25. The Morgan fingerprint density at radius 2 is 1.52 bits per heavy atom. The number of piperidine rings is 1. The summed E-state index contributed by atoms with van der Waals surface area (Å²) in [6.07, 6.45) is 5.46. The third kappa shape index (κ3) is 4.32. The van der Waals surface area contributed by atoms with Gasteiger partial charge in [-0.3, -0.25) is 4.90 Å². The molecule has 128 valence electrons. The predicted molar refractivity (Wildman–Crippen MR) is 92.3 cm³/mol. The lowest BCUT2D eigenvalue weighted by molar-refractivity contribution is 0.244. The van der Waals surface area contributed by atoms with Gasteiger partial charge in [0, 0.05) is 25.7 Å². The molecule has 0 aliphatic carbocycles. The largest absolute Gasteiger partial charge is 0.295 e. The summed E-state index contributed by atoms with van der Waals surface area (Å²) < 4.78 is 29.5. The van der Waals surface area contributed by atoms with E-state index in [2.05, 4.69) is 21.8 Å². The molecule has 2 saturated heterocycles. The fourth-order valence-electron chi connectivity index (χ4n) is 3.57. The van der Waals surface area contributed by atoms with E-state index < -0.39 is 10.2 Å². The van der Waals surface area contributed by atoms with Gasteiger partial charge >= 0.3 is 0 Å². The molecule has 0 radical (unpaired) electrons. The number of benzene rings is 1. The Morgan fingerprint density at radius 1 is 0.913 bits per heavy atom. The van der Waals surface area contributed by atoms with Crippen LogP contribution in [-0.4, -0.2) is 50.3 Å². The molecule has 0 aromatic heterocycles. The second-order valence-corrected chi connectivity index (χ2v) is 8.24. The van der Waals surface area contributed by atoms with E-state index in [0.717, 1.165) is 32.4 Å². The maximum atomic E-state index is 12.5. The Kier molecular flexibility index (Phi) is 5.69. The molecule has 1 aromatic carbocycles. The number of hydrogen-bond acceptors (Lipinski definition) is 3. The molecule has 2 fully saturated rings. The quantitative estimate of drug-likeness (QED) is 0.865. The Morgan fingerprint density at radius 3 is 2.17 bits per heavy atom. The monoisotopic (exact) mass is 337 g/mol. The standard InChI is InChI=1S/C17H27N3O2S/c21-23(22,20-13-5-2-6-14-20)18-15-17(19-11-7-8-12-19)16-9-3-1-4-10-16/h1,3-4,9-10,17-18H,2,5-8,11-15H2. The van der Waals surface area contributed by atoms with Crippen molar-refractivity contribution in [2.75, 3.05) is 32.7 Å². The summed E-state index contributed by atoms with van der Waals surface area (Å²) in [6, 6.07) is 10.4. The minimum Gasteiger partial charge on any atom is -0.295 e. The smallest absolute Gasteiger partial charge is 0.279 e. The molecule has 5 nitrogen and oxygen atoms in total. The summed E-state index contributed by atoms with van der Waals surface area (Å²) in [5.74, 6) is 0. The van der Waals surface area contributed by atoms with E-state index in [1.165, 1.54) is 18.4 Å². The highest BCUT2D eigenvalue weighted by Gasteiger charge is 2.28. The van der Waals surface area contributed by atoms with E-state index in [-0.39, 0.29) is 6.04 Å². The molecular weight excluding hydrogens is 310 g/mol. The molecule has 1 N–H and O–H groups in total. The van der Waals surface area contributed by atoms with Crippen LogP contribution in [0.2, 0.25) is 0 Å². The predicted octanol–water partition coefficient (Wildman–Crippen LogP) is 2.14. The summed E-state index contributed by atoms with van der Waals surface area (Å²) in [4.78, 5) is 2.40. The SMILES string of the molecule is O=S(=O)(NCC(c1ccccc1)N1CCCC1)N1CCCCC1. The Balaban J connectivity index is 1.68. The number of nitrogens with one attached hydrogen (secondary N) is 1. The second-order valence-electron chi connectivity index (χ2n) is 6.48. The van der Waals surface area contributed by atoms with Crippen LogP contribution in [-0.2, 0) is 10.2 Å². The molecule has 1 aromatic rings. The van der Waals surface area contributed by atoms with E-state index in [0.29, 0.717) is 19.6 Å². The van der Waals surface area contributed by atoms with Gasteiger partial charge in [0.05, 0.1) is 0 Å². The molecule has 2 heterocycles. The maximum absolute atomic E-state index is 12.5. The van der Waals surface area contributed by atoms with Crippen molar-refractivity contribution in [1.29, 1.82) is 0 Å². The molecule has 2 aliphatic heterocycles. The van der Waals surface area contributed by atoms with Crippen LogP contribution in [0.1, 0.15) is 43.7 Å². The highest BCUT2D eigenvalue weighted by molar-refractivity contribution is 7.87.